The summed E-state index contributed by atoms with van der Waals surface area (Å²) in [5.74, 6) is -0.226. The molecule has 0 bridgehead atoms. The first-order valence-corrected chi connectivity index (χ1v) is 10.0. The second-order valence-corrected chi connectivity index (χ2v) is 7.52. The third-order valence-corrected chi connectivity index (χ3v) is 5.46. The van der Waals surface area contributed by atoms with Crippen LogP contribution in [0.25, 0.3) is 0 Å². The number of anilines is 2. The molecule has 0 saturated carbocycles. The zero-order chi connectivity index (χ0) is 21.7. The van der Waals surface area contributed by atoms with E-state index in [9.17, 15) is 9.59 Å². The Bertz CT molecular complexity index is 1090. The van der Waals surface area contributed by atoms with E-state index in [4.69, 9.17) is 39.5 Å². The Morgan fingerprint density at radius 3 is 2.17 bits per heavy atom. The van der Waals surface area contributed by atoms with Crippen LogP contribution < -0.4 is 15.4 Å². The number of nitrogens with one attached hydrogen (secondary N) is 2. The fourth-order valence-electron chi connectivity index (χ4n) is 2.58. The minimum Gasteiger partial charge on any atom is -0.484 e. The maximum atomic E-state index is 12.4. The van der Waals surface area contributed by atoms with Gasteiger partial charge in [-0.05, 0) is 61.0 Å². The van der Waals surface area contributed by atoms with Crippen LogP contribution in [0.3, 0.4) is 0 Å². The highest BCUT2D eigenvalue weighted by atomic mass is 35.5. The molecule has 5 nitrogen and oxygen atoms in total. The summed E-state index contributed by atoms with van der Waals surface area (Å²) in [6.45, 7) is 1.60. The molecule has 154 valence electrons. The average Bonchev–Trinajstić information content (AvgIpc) is 2.73. The van der Waals surface area contributed by atoms with Crippen molar-refractivity contribution < 1.29 is 14.3 Å². The summed E-state index contributed by atoms with van der Waals surface area (Å²) in [7, 11) is 0. The van der Waals surface area contributed by atoms with Gasteiger partial charge in [0.05, 0.1) is 15.7 Å². The van der Waals surface area contributed by atoms with Crippen LogP contribution in [-0.2, 0) is 4.79 Å². The molecule has 0 unspecified atom stereocenters. The van der Waals surface area contributed by atoms with Crippen molar-refractivity contribution >= 4 is 58.0 Å². The van der Waals surface area contributed by atoms with Crippen LogP contribution in [0.1, 0.15) is 15.9 Å². The van der Waals surface area contributed by atoms with Crippen molar-refractivity contribution in [3.05, 3.63) is 86.9 Å². The first-order valence-electron chi connectivity index (χ1n) is 8.88. The molecule has 8 heteroatoms. The molecule has 2 amide bonds. The molecule has 0 spiro atoms. The van der Waals surface area contributed by atoms with Gasteiger partial charge in [-0.1, -0.05) is 46.9 Å². The van der Waals surface area contributed by atoms with Gasteiger partial charge in [0.2, 0.25) is 0 Å². The van der Waals surface area contributed by atoms with E-state index in [1.54, 1.807) is 60.7 Å². The minimum absolute atomic E-state index is 0.226. The number of hydrogen-bond donors (Lipinski definition) is 2. The Hall–Kier alpha value is -2.73. The molecule has 2 N–H and O–H groups in total. The predicted molar refractivity (Wildman–Crippen MR) is 121 cm³/mol. The van der Waals surface area contributed by atoms with Gasteiger partial charge >= 0.3 is 0 Å². The van der Waals surface area contributed by atoms with Crippen LogP contribution in [0, 0.1) is 6.92 Å². The van der Waals surface area contributed by atoms with E-state index in [0.29, 0.717) is 32.7 Å². The summed E-state index contributed by atoms with van der Waals surface area (Å²) in [6.07, 6.45) is 0. The van der Waals surface area contributed by atoms with E-state index in [-0.39, 0.29) is 17.5 Å². The molecule has 0 radical (unpaired) electrons. The molecule has 3 aromatic carbocycles. The number of halogens is 3. The fourth-order valence-corrected chi connectivity index (χ4v) is 3.10. The molecule has 30 heavy (non-hydrogen) atoms. The molecule has 0 saturated heterocycles. The zero-order valence-electron chi connectivity index (χ0n) is 15.8. The summed E-state index contributed by atoms with van der Waals surface area (Å²) in [5.41, 5.74) is 2.28. The molecule has 0 aliphatic rings. The monoisotopic (exact) mass is 462 g/mol. The van der Waals surface area contributed by atoms with Crippen molar-refractivity contribution in [2.45, 2.75) is 6.92 Å². The summed E-state index contributed by atoms with van der Waals surface area (Å²) < 4.78 is 5.46. The lowest BCUT2D eigenvalue weighted by atomic mass is 10.1. The second kappa shape index (κ2) is 9.85. The molecular weight excluding hydrogens is 447 g/mol. The van der Waals surface area contributed by atoms with Gasteiger partial charge in [0.15, 0.2) is 6.61 Å². The predicted octanol–water partition coefficient (Wildman–Crippen LogP) is 6.23. The molecule has 0 aliphatic heterocycles. The molecule has 3 aromatic rings. The fraction of sp³-hybridized carbons (Fsp3) is 0.0909. The minimum atomic E-state index is -0.391. The van der Waals surface area contributed by atoms with Crippen LogP contribution in [0.4, 0.5) is 11.4 Å². The lowest BCUT2D eigenvalue weighted by Crippen LogP contribution is -2.20. The lowest BCUT2D eigenvalue weighted by Gasteiger charge is -2.11. The van der Waals surface area contributed by atoms with Gasteiger partial charge in [0.1, 0.15) is 5.75 Å². The van der Waals surface area contributed by atoms with E-state index in [2.05, 4.69) is 10.6 Å². The van der Waals surface area contributed by atoms with Gasteiger partial charge in [-0.3, -0.25) is 9.59 Å². The first-order chi connectivity index (χ1) is 14.3. The van der Waals surface area contributed by atoms with Crippen molar-refractivity contribution in [2.24, 2.45) is 0 Å². The van der Waals surface area contributed by atoms with E-state index >= 15 is 0 Å². The highest BCUT2D eigenvalue weighted by molar-refractivity contribution is 6.44. The SMILES string of the molecule is Cc1c(Cl)cccc1NC(=O)c1ccc(OCC(=O)Nc2cccc(Cl)c2Cl)cc1. The Balaban J connectivity index is 1.56. The van der Waals surface area contributed by atoms with E-state index < -0.39 is 5.91 Å². The number of ether oxygens (including phenoxy) is 1. The molecule has 0 aliphatic carbocycles. The first kappa shape index (κ1) is 22.0. The van der Waals surface area contributed by atoms with Crippen molar-refractivity contribution in [3.63, 3.8) is 0 Å². The third-order valence-electron chi connectivity index (χ3n) is 4.23. The van der Waals surface area contributed by atoms with Gasteiger partial charge in [0, 0.05) is 16.3 Å². The van der Waals surface area contributed by atoms with Crippen LogP contribution >= 0.6 is 34.8 Å². The van der Waals surface area contributed by atoms with E-state index in [1.165, 1.54) is 0 Å². The van der Waals surface area contributed by atoms with Crippen LogP contribution in [0.15, 0.2) is 60.7 Å². The van der Waals surface area contributed by atoms with E-state index in [1.807, 2.05) is 6.92 Å². The van der Waals surface area contributed by atoms with Crippen LogP contribution in [-0.4, -0.2) is 18.4 Å². The Labute approximate surface area is 188 Å². The third kappa shape index (κ3) is 5.45. The molecule has 0 fully saturated rings. The highest BCUT2D eigenvalue weighted by Gasteiger charge is 2.11. The smallest absolute Gasteiger partial charge is 0.262 e. The second-order valence-electron chi connectivity index (χ2n) is 6.33. The standard InChI is InChI=1S/C22H17Cl3N2O3/c1-13-16(23)4-2-6-18(13)27-22(29)14-8-10-15(11-9-14)30-12-20(28)26-19-7-3-5-17(24)21(19)25/h2-11H,12H2,1H3,(H,26,28)(H,27,29). The number of hydrogen-bond acceptors (Lipinski definition) is 3. The highest BCUT2D eigenvalue weighted by Crippen LogP contribution is 2.29. The Morgan fingerprint density at radius 1 is 0.833 bits per heavy atom. The van der Waals surface area contributed by atoms with Gasteiger partial charge in [-0.15, -0.1) is 0 Å². The van der Waals surface area contributed by atoms with Crippen molar-refractivity contribution in [1.29, 1.82) is 0 Å². The summed E-state index contributed by atoms with van der Waals surface area (Å²) in [6, 6.07) is 16.7. The Kier molecular flexibility index (Phi) is 7.21. The summed E-state index contributed by atoms with van der Waals surface area (Å²) >= 11 is 18.0. The number of carbonyl (C=O) groups is 2. The maximum absolute atomic E-state index is 12.4. The largest absolute Gasteiger partial charge is 0.484 e. The van der Waals surface area contributed by atoms with Crippen LogP contribution in [0.5, 0.6) is 5.75 Å². The summed E-state index contributed by atoms with van der Waals surface area (Å²) in [5, 5.41) is 6.64. The number of rotatable bonds is 6. The molecule has 3 rings (SSSR count). The summed E-state index contributed by atoms with van der Waals surface area (Å²) in [4.78, 5) is 24.5. The quantitative estimate of drug-likeness (QED) is 0.456. The van der Waals surface area contributed by atoms with Crippen LogP contribution in [0.2, 0.25) is 15.1 Å². The zero-order valence-corrected chi connectivity index (χ0v) is 18.1. The molecule has 0 heterocycles. The topological polar surface area (TPSA) is 67.4 Å². The molecule has 0 atom stereocenters. The number of benzene rings is 3. The maximum Gasteiger partial charge on any atom is 0.262 e. The Morgan fingerprint density at radius 2 is 1.47 bits per heavy atom. The van der Waals surface area contributed by atoms with E-state index in [0.717, 1.165) is 5.56 Å². The van der Waals surface area contributed by atoms with Crippen molar-refractivity contribution in [1.82, 2.24) is 0 Å². The van der Waals surface area contributed by atoms with Gasteiger partial charge < -0.3 is 15.4 Å². The number of amides is 2. The number of carbonyl (C=O) groups excluding carboxylic acids is 2. The van der Waals surface area contributed by atoms with Gasteiger partial charge in [-0.25, -0.2) is 0 Å². The lowest BCUT2D eigenvalue weighted by molar-refractivity contribution is -0.118. The van der Waals surface area contributed by atoms with Crippen molar-refractivity contribution in [3.8, 4) is 5.75 Å². The molecular formula is C22H17Cl3N2O3. The van der Waals surface area contributed by atoms with Crippen molar-refractivity contribution in [2.75, 3.05) is 17.2 Å². The molecule has 0 aromatic heterocycles. The normalized spacial score (nSPS) is 10.4. The average molecular weight is 464 g/mol. The van der Waals surface area contributed by atoms with Gasteiger partial charge in [0.25, 0.3) is 11.8 Å². The van der Waals surface area contributed by atoms with Gasteiger partial charge in [-0.2, -0.15) is 0 Å².